The molecule has 178 valence electrons. The van der Waals surface area contributed by atoms with Crippen LogP contribution in [0.25, 0.3) is 21.8 Å². The average Bonchev–Trinajstić information content (AvgIpc) is 2.83. The van der Waals surface area contributed by atoms with Crippen LogP contribution < -0.4 is 10.1 Å². The highest BCUT2D eigenvalue weighted by Crippen LogP contribution is 2.34. The van der Waals surface area contributed by atoms with Crippen molar-refractivity contribution in [2.24, 2.45) is 0 Å². The summed E-state index contributed by atoms with van der Waals surface area (Å²) >= 11 is 6.22. The van der Waals surface area contributed by atoms with Gasteiger partial charge in [0.05, 0.1) is 23.8 Å². The first-order valence-electron chi connectivity index (χ1n) is 11.5. The molecule has 0 aliphatic rings. The van der Waals surface area contributed by atoms with Crippen LogP contribution in [-0.2, 0) is 6.54 Å². The van der Waals surface area contributed by atoms with Crippen LogP contribution in [0.4, 0.5) is 14.5 Å². The maximum absolute atomic E-state index is 13.6. The molecule has 0 aliphatic carbocycles. The van der Waals surface area contributed by atoms with Crippen molar-refractivity contribution in [3.63, 3.8) is 0 Å². The van der Waals surface area contributed by atoms with Crippen LogP contribution in [0.1, 0.15) is 25.3 Å². The van der Waals surface area contributed by atoms with Gasteiger partial charge in [-0.1, -0.05) is 24.6 Å². The number of ether oxygens (including phenoxy) is 1. The minimum Gasteiger partial charge on any atom is -0.497 e. The highest BCUT2D eigenvalue weighted by molar-refractivity contribution is 6.31. The number of fused-ring (bicyclic) bond motifs is 2. The molecule has 0 unspecified atom stereocenters. The third kappa shape index (κ3) is 5.57. The second kappa shape index (κ2) is 11.0. The van der Waals surface area contributed by atoms with Crippen molar-refractivity contribution in [1.82, 2.24) is 9.88 Å². The standard InChI is InChI=1S/C27H28ClF2N3O/c1-3-12-33(17-18-5-9-23(29)24(30)14-18)13-4-11-31-27-21-8-6-19(28)15-26(21)32-25-10-7-20(34-2)16-22(25)27/h5-10,14-16H,3-4,11-13,17H2,1-2H3,(H,31,32). The van der Waals surface area contributed by atoms with E-state index in [1.165, 1.54) is 12.1 Å². The zero-order valence-corrected chi connectivity index (χ0v) is 20.1. The monoisotopic (exact) mass is 483 g/mol. The highest BCUT2D eigenvalue weighted by atomic mass is 35.5. The fraction of sp³-hybridized carbons (Fsp3) is 0.296. The van der Waals surface area contributed by atoms with Crippen molar-refractivity contribution in [2.75, 3.05) is 32.1 Å². The molecular formula is C27H28ClF2N3O. The third-order valence-electron chi connectivity index (χ3n) is 5.83. The molecule has 0 amide bonds. The van der Waals surface area contributed by atoms with E-state index >= 15 is 0 Å². The van der Waals surface area contributed by atoms with Crippen LogP contribution in [0.2, 0.25) is 5.02 Å². The maximum Gasteiger partial charge on any atom is 0.159 e. The summed E-state index contributed by atoms with van der Waals surface area (Å²) in [6, 6.07) is 15.7. The lowest BCUT2D eigenvalue weighted by atomic mass is 10.1. The molecule has 0 radical (unpaired) electrons. The smallest absolute Gasteiger partial charge is 0.159 e. The molecular weight excluding hydrogens is 456 g/mol. The summed E-state index contributed by atoms with van der Waals surface area (Å²) in [7, 11) is 1.65. The first-order chi connectivity index (χ1) is 16.5. The number of methoxy groups -OCH3 is 1. The van der Waals surface area contributed by atoms with E-state index in [0.29, 0.717) is 11.6 Å². The van der Waals surface area contributed by atoms with Crippen LogP contribution in [0.5, 0.6) is 5.75 Å². The largest absolute Gasteiger partial charge is 0.497 e. The minimum absolute atomic E-state index is 0.585. The van der Waals surface area contributed by atoms with E-state index < -0.39 is 11.6 Å². The van der Waals surface area contributed by atoms with Gasteiger partial charge in [-0.15, -0.1) is 0 Å². The summed E-state index contributed by atoms with van der Waals surface area (Å²) in [5.41, 5.74) is 3.47. The first-order valence-corrected chi connectivity index (χ1v) is 11.8. The van der Waals surface area contributed by atoms with Gasteiger partial charge in [-0.3, -0.25) is 4.90 Å². The van der Waals surface area contributed by atoms with E-state index in [9.17, 15) is 8.78 Å². The van der Waals surface area contributed by atoms with E-state index in [-0.39, 0.29) is 0 Å². The van der Waals surface area contributed by atoms with Gasteiger partial charge in [0.1, 0.15) is 5.75 Å². The van der Waals surface area contributed by atoms with E-state index in [2.05, 4.69) is 17.1 Å². The van der Waals surface area contributed by atoms with Gasteiger partial charge in [0.25, 0.3) is 0 Å². The van der Waals surface area contributed by atoms with Crippen molar-refractivity contribution in [2.45, 2.75) is 26.3 Å². The molecule has 1 N–H and O–H groups in total. The topological polar surface area (TPSA) is 37.4 Å². The van der Waals surface area contributed by atoms with E-state index in [0.717, 1.165) is 71.3 Å². The summed E-state index contributed by atoms with van der Waals surface area (Å²) in [5.74, 6) is -0.849. The number of anilines is 1. The van der Waals surface area contributed by atoms with Crippen molar-refractivity contribution < 1.29 is 13.5 Å². The molecule has 7 heteroatoms. The molecule has 0 saturated heterocycles. The molecule has 34 heavy (non-hydrogen) atoms. The SMILES string of the molecule is CCCN(CCCNc1c2ccc(Cl)cc2nc2ccc(OC)cc12)Cc1ccc(F)c(F)c1. The number of benzene rings is 3. The highest BCUT2D eigenvalue weighted by Gasteiger charge is 2.12. The molecule has 0 fully saturated rings. The van der Waals surface area contributed by atoms with Gasteiger partial charge in [0.2, 0.25) is 0 Å². The number of halogens is 3. The zero-order chi connectivity index (χ0) is 24.1. The number of hydrogen-bond acceptors (Lipinski definition) is 4. The quantitative estimate of drug-likeness (QED) is 0.194. The number of aromatic nitrogens is 1. The first kappa shape index (κ1) is 24.2. The molecule has 3 aromatic carbocycles. The molecule has 0 atom stereocenters. The molecule has 0 bridgehead atoms. The summed E-state index contributed by atoms with van der Waals surface area (Å²) in [5, 5.41) is 6.23. The maximum atomic E-state index is 13.6. The van der Waals surface area contributed by atoms with Crippen LogP contribution in [-0.4, -0.2) is 36.6 Å². The lowest BCUT2D eigenvalue weighted by molar-refractivity contribution is 0.264. The van der Waals surface area contributed by atoms with Crippen LogP contribution >= 0.6 is 11.6 Å². The van der Waals surface area contributed by atoms with Crippen molar-refractivity contribution >= 4 is 39.1 Å². The van der Waals surface area contributed by atoms with Crippen LogP contribution in [0.3, 0.4) is 0 Å². The van der Waals surface area contributed by atoms with Gasteiger partial charge >= 0.3 is 0 Å². The summed E-state index contributed by atoms with van der Waals surface area (Å²) in [6.07, 6.45) is 1.86. The van der Waals surface area contributed by atoms with E-state index in [1.54, 1.807) is 13.2 Å². The predicted molar refractivity (Wildman–Crippen MR) is 136 cm³/mol. The Labute approximate surface area is 203 Å². The van der Waals surface area contributed by atoms with Crippen LogP contribution in [0.15, 0.2) is 54.6 Å². The molecule has 1 aromatic heterocycles. The lowest BCUT2D eigenvalue weighted by Gasteiger charge is -2.22. The summed E-state index contributed by atoms with van der Waals surface area (Å²) in [6.45, 7) is 5.16. The molecule has 1 heterocycles. The fourth-order valence-corrected chi connectivity index (χ4v) is 4.38. The third-order valence-corrected chi connectivity index (χ3v) is 6.06. The number of hydrogen-bond donors (Lipinski definition) is 1. The predicted octanol–water partition coefficient (Wildman–Crippen LogP) is 7.04. The average molecular weight is 484 g/mol. The van der Waals surface area contributed by atoms with Crippen molar-refractivity contribution in [3.05, 3.63) is 76.8 Å². The Morgan fingerprint density at radius 2 is 1.79 bits per heavy atom. The Kier molecular flexibility index (Phi) is 7.80. The molecule has 0 spiro atoms. The van der Waals surface area contributed by atoms with Gasteiger partial charge in [0.15, 0.2) is 11.6 Å². The van der Waals surface area contributed by atoms with Crippen molar-refractivity contribution in [1.29, 1.82) is 0 Å². The summed E-state index contributed by atoms with van der Waals surface area (Å²) in [4.78, 5) is 7.03. The van der Waals surface area contributed by atoms with Crippen molar-refractivity contribution in [3.8, 4) is 5.75 Å². The van der Waals surface area contributed by atoms with Gasteiger partial charge < -0.3 is 10.1 Å². The Morgan fingerprint density at radius 3 is 2.56 bits per heavy atom. The molecule has 0 aliphatic heterocycles. The van der Waals surface area contributed by atoms with Crippen LogP contribution in [0, 0.1) is 11.6 Å². The molecule has 0 saturated carbocycles. The van der Waals surface area contributed by atoms with E-state index in [4.69, 9.17) is 21.3 Å². The number of rotatable bonds is 10. The zero-order valence-electron chi connectivity index (χ0n) is 19.4. The molecule has 4 nitrogen and oxygen atoms in total. The number of pyridine rings is 1. The van der Waals surface area contributed by atoms with E-state index in [1.807, 2.05) is 36.4 Å². The lowest BCUT2D eigenvalue weighted by Crippen LogP contribution is -2.26. The van der Waals surface area contributed by atoms with Gasteiger partial charge in [-0.05, 0) is 73.5 Å². The Hall–Kier alpha value is -2.96. The molecule has 4 aromatic rings. The second-order valence-electron chi connectivity index (χ2n) is 8.34. The normalized spacial score (nSPS) is 11.5. The second-order valence-corrected chi connectivity index (χ2v) is 8.77. The van der Waals surface area contributed by atoms with Gasteiger partial charge in [0, 0.05) is 35.4 Å². The Balaban J connectivity index is 1.50. The fourth-order valence-electron chi connectivity index (χ4n) is 4.21. The minimum atomic E-state index is -0.815. The van der Waals surface area contributed by atoms with Gasteiger partial charge in [-0.25, -0.2) is 13.8 Å². The Morgan fingerprint density at radius 1 is 0.941 bits per heavy atom. The Bertz CT molecular complexity index is 1300. The van der Waals surface area contributed by atoms with Gasteiger partial charge in [-0.2, -0.15) is 0 Å². The molecule has 4 rings (SSSR count). The number of nitrogens with one attached hydrogen (secondary N) is 1. The summed E-state index contributed by atoms with van der Waals surface area (Å²) < 4.78 is 32.3. The number of nitrogens with zero attached hydrogens (tertiary/aromatic N) is 2.